The fourth-order valence-corrected chi connectivity index (χ4v) is 4.03. The summed E-state index contributed by atoms with van der Waals surface area (Å²) in [6.45, 7) is 3.91. The Morgan fingerprint density at radius 3 is 2.55 bits per heavy atom. The topological polar surface area (TPSA) is 102 Å². The van der Waals surface area contributed by atoms with Crippen molar-refractivity contribution in [2.24, 2.45) is 0 Å². The zero-order chi connectivity index (χ0) is 21.0. The lowest BCUT2D eigenvalue weighted by Crippen LogP contribution is -2.13. The molecule has 1 N–H and O–H groups in total. The van der Waals surface area contributed by atoms with E-state index in [0.29, 0.717) is 5.02 Å². The molecule has 7 nitrogen and oxygen atoms in total. The highest BCUT2D eigenvalue weighted by Crippen LogP contribution is 2.19. The van der Waals surface area contributed by atoms with Gasteiger partial charge >= 0.3 is 0 Å². The molecule has 29 heavy (non-hydrogen) atoms. The van der Waals surface area contributed by atoms with Crippen molar-refractivity contribution in [2.45, 2.75) is 37.3 Å². The predicted molar refractivity (Wildman–Crippen MR) is 110 cm³/mol. The number of amides is 1. The first-order valence-corrected chi connectivity index (χ1v) is 10.9. The van der Waals surface area contributed by atoms with Gasteiger partial charge in [-0.25, -0.2) is 8.42 Å². The summed E-state index contributed by atoms with van der Waals surface area (Å²) < 4.78 is 29.9. The Balaban J connectivity index is 1.57. The van der Waals surface area contributed by atoms with Crippen LogP contribution in [0.1, 0.15) is 29.3 Å². The van der Waals surface area contributed by atoms with Gasteiger partial charge in [0.25, 0.3) is 0 Å². The molecule has 0 bridgehead atoms. The molecular weight excluding hydrogens is 414 g/mol. The number of nitrogens with one attached hydrogen (secondary N) is 1. The van der Waals surface area contributed by atoms with Crippen molar-refractivity contribution in [3.05, 3.63) is 70.3 Å². The normalized spacial score (nSPS) is 11.4. The van der Waals surface area contributed by atoms with Crippen molar-refractivity contribution < 1.29 is 17.7 Å². The maximum atomic E-state index is 12.4. The van der Waals surface area contributed by atoms with E-state index >= 15 is 0 Å². The highest BCUT2D eigenvalue weighted by Gasteiger charge is 2.19. The van der Waals surface area contributed by atoms with E-state index in [1.165, 1.54) is 24.3 Å². The molecule has 1 aromatic heterocycles. The average molecular weight is 434 g/mol. The molecule has 0 saturated heterocycles. The van der Waals surface area contributed by atoms with Crippen LogP contribution in [-0.4, -0.2) is 24.5 Å². The van der Waals surface area contributed by atoms with Crippen LogP contribution in [0.4, 0.5) is 5.69 Å². The second-order valence-corrected chi connectivity index (χ2v) is 9.11. The third-order valence-electron chi connectivity index (χ3n) is 4.22. The molecule has 0 spiro atoms. The molecule has 0 aliphatic heterocycles. The van der Waals surface area contributed by atoms with E-state index in [1.54, 1.807) is 0 Å². The van der Waals surface area contributed by atoms with Gasteiger partial charge in [-0.2, -0.15) is 4.98 Å². The van der Waals surface area contributed by atoms with Crippen molar-refractivity contribution in [3.63, 3.8) is 0 Å². The molecule has 0 aliphatic carbocycles. The maximum absolute atomic E-state index is 12.4. The van der Waals surface area contributed by atoms with Gasteiger partial charge in [0.1, 0.15) is 5.75 Å². The van der Waals surface area contributed by atoms with Gasteiger partial charge in [0.15, 0.2) is 15.7 Å². The summed E-state index contributed by atoms with van der Waals surface area (Å²) >= 11 is 5.78. The number of carbonyl (C=O) groups is 1. The third kappa shape index (κ3) is 5.65. The lowest BCUT2D eigenvalue weighted by Gasteiger charge is -2.08. The average Bonchev–Trinajstić information content (AvgIpc) is 3.09. The van der Waals surface area contributed by atoms with Gasteiger partial charge in [-0.15, -0.1) is 0 Å². The summed E-state index contributed by atoms with van der Waals surface area (Å²) in [5.74, 6) is -0.329. The third-order valence-corrected chi connectivity index (χ3v) is 6.10. The van der Waals surface area contributed by atoms with E-state index < -0.39 is 15.6 Å². The molecule has 1 amide bonds. The van der Waals surface area contributed by atoms with Crippen molar-refractivity contribution in [2.75, 3.05) is 5.32 Å². The van der Waals surface area contributed by atoms with Crippen LogP contribution in [0.15, 0.2) is 51.9 Å². The summed E-state index contributed by atoms with van der Waals surface area (Å²) in [7, 11) is -3.62. The molecule has 1 heterocycles. The Morgan fingerprint density at radius 1 is 1.14 bits per heavy atom. The summed E-state index contributed by atoms with van der Waals surface area (Å²) in [6.07, 6.45) is 0.351. The van der Waals surface area contributed by atoms with Gasteiger partial charge in [-0.3, -0.25) is 4.79 Å². The van der Waals surface area contributed by atoms with Crippen LogP contribution in [0, 0.1) is 13.8 Å². The fraction of sp³-hybridized carbons (Fsp3) is 0.250. The molecule has 9 heteroatoms. The van der Waals surface area contributed by atoms with Crippen LogP contribution in [0.25, 0.3) is 0 Å². The van der Waals surface area contributed by atoms with Crippen LogP contribution in [0.3, 0.4) is 0 Å². The van der Waals surface area contributed by atoms with E-state index in [9.17, 15) is 13.2 Å². The quantitative estimate of drug-likeness (QED) is 0.606. The zero-order valence-electron chi connectivity index (χ0n) is 16.0. The number of aromatic nitrogens is 2. The monoisotopic (exact) mass is 433 g/mol. The van der Waals surface area contributed by atoms with Gasteiger partial charge < -0.3 is 9.84 Å². The molecule has 0 aliphatic rings. The zero-order valence-corrected chi connectivity index (χ0v) is 17.5. The predicted octanol–water partition coefficient (Wildman–Crippen LogP) is 3.89. The Morgan fingerprint density at radius 2 is 1.86 bits per heavy atom. The van der Waals surface area contributed by atoms with Crippen molar-refractivity contribution in [1.29, 1.82) is 0 Å². The highest BCUT2D eigenvalue weighted by atomic mass is 35.5. The number of halogens is 1. The van der Waals surface area contributed by atoms with Crippen LogP contribution >= 0.6 is 11.6 Å². The van der Waals surface area contributed by atoms with Crippen molar-refractivity contribution >= 4 is 33.0 Å². The minimum Gasteiger partial charge on any atom is -0.339 e. The van der Waals surface area contributed by atoms with E-state index in [1.807, 2.05) is 32.0 Å². The van der Waals surface area contributed by atoms with E-state index in [0.717, 1.165) is 16.8 Å². The van der Waals surface area contributed by atoms with Gasteiger partial charge in [-0.05, 0) is 49.7 Å². The second kappa shape index (κ2) is 8.75. The number of benzene rings is 2. The molecule has 0 atom stereocenters. The van der Waals surface area contributed by atoms with E-state index in [2.05, 4.69) is 15.5 Å². The minimum absolute atomic E-state index is 0.0461. The Bertz CT molecular complexity index is 1120. The van der Waals surface area contributed by atoms with Crippen LogP contribution in [0.2, 0.25) is 5.02 Å². The van der Waals surface area contributed by atoms with Crippen LogP contribution in [0.5, 0.6) is 0 Å². The van der Waals surface area contributed by atoms with E-state index in [-0.39, 0.29) is 35.4 Å². The van der Waals surface area contributed by atoms with Gasteiger partial charge in [0, 0.05) is 23.6 Å². The molecule has 2 aromatic carbocycles. The Hall–Kier alpha value is -2.71. The largest absolute Gasteiger partial charge is 0.339 e. The maximum Gasteiger partial charge on any atom is 0.227 e. The molecule has 0 radical (unpaired) electrons. The fourth-order valence-electron chi connectivity index (χ4n) is 2.73. The van der Waals surface area contributed by atoms with Gasteiger partial charge in [0.2, 0.25) is 11.8 Å². The number of anilines is 1. The number of nitrogens with zero attached hydrogens (tertiary/aromatic N) is 2. The first-order chi connectivity index (χ1) is 13.7. The summed E-state index contributed by atoms with van der Waals surface area (Å²) in [4.78, 5) is 16.4. The first-order valence-electron chi connectivity index (χ1n) is 8.90. The minimum atomic E-state index is -3.62. The van der Waals surface area contributed by atoms with Crippen molar-refractivity contribution in [1.82, 2.24) is 10.1 Å². The lowest BCUT2D eigenvalue weighted by atomic mass is 10.1. The molecular formula is C20H20ClN3O4S. The van der Waals surface area contributed by atoms with Crippen LogP contribution in [-0.2, 0) is 26.8 Å². The summed E-state index contributed by atoms with van der Waals surface area (Å²) in [5.41, 5.74) is 2.85. The number of aryl methyl sites for hydroxylation is 3. The smallest absolute Gasteiger partial charge is 0.227 e. The molecule has 3 aromatic rings. The van der Waals surface area contributed by atoms with Crippen molar-refractivity contribution in [3.8, 4) is 0 Å². The number of hydrogen-bond acceptors (Lipinski definition) is 6. The van der Waals surface area contributed by atoms with Crippen LogP contribution < -0.4 is 5.32 Å². The number of hydrogen-bond donors (Lipinski definition) is 1. The molecule has 0 unspecified atom stereocenters. The van der Waals surface area contributed by atoms with Gasteiger partial charge in [0.05, 0.1) is 4.90 Å². The second-order valence-electron chi connectivity index (χ2n) is 6.68. The Kier molecular flexibility index (Phi) is 6.34. The number of carbonyl (C=O) groups excluding carboxylic acids is 1. The molecule has 152 valence electrons. The number of sulfone groups is 1. The highest BCUT2D eigenvalue weighted by molar-refractivity contribution is 7.90. The standard InChI is InChI=1S/C20H20ClN3O4S/c1-13-3-8-17(14(2)11-13)22-19(25)9-10-20-23-18(24-28-20)12-29(26,27)16-6-4-15(21)5-7-16/h3-8,11H,9-10,12H2,1-2H3,(H,22,25). The Labute approximate surface area is 174 Å². The van der Waals surface area contributed by atoms with Gasteiger partial charge in [-0.1, -0.05) is 34.5 Å². The molecule has 0 fully saturated rings. The molecule has 0 saturated carbocycles. The molecule has 3 rings (SSSR count). The summed E-state index contributed by atoms with van der Waals surface area (Å²) in [5, 5.41) is 7.00. The SMILES string of the molecule is Cc1ccc(NC(=O)CCc2nc(CS(=O)(=O)c3ccc(Cl)cc3)no2)c(C)c1. The number of rotatable bonds is 7. The van der Waals surface area contributed by atoms with E-state index in [4.69, 9.17) is 16.1 Å². The summed E-state index contributed by atoms with van der Waals surface area (Å²) in [6, 6.07) is 11.6. The first kappa shape index (κ1) is 21.0. The lowest BCUT2D eigenvalue weighted by molar-refractivity contribution is -0.116.